The van der Waals surface area contributed by atoms with E-state index in [1.165, 1.54) is 5.56 Å². The third-order valence-corrected chi connectivity index (χ3v) is 7.10. The van der Waals surface area contributed by atoms with E-state index in [0.29, 0.717) is 12.6 Å². The minimum Gasteiger partial charge on any atom is -0.317 e. The van der Waals surface area contributed by atoms with Crippen molar-refractivity contribution in [1.29, 1.82) is 0 Å². The normalized spacial score (nSPS) is 19.4. The molecule has 1 aromatic heterocycles. The molecule has 0 radical (unpaired) electrons. The number of aryl methyl sites for hydroxylation is 1. The van der Waals surface area contributed by atoms with Gasteiger partial charge in [0.2, 0.25) is 15.0 Å². The topological polar surface area (TPSA) is 58.4 Å². The predicted molar refractivity (Wildman–Crippen MR) is 107 cm³/mol. The molecule has 0 spiro atoms. The maximum atomic E-state index is 12.5. The zero-order chi connectivity index (χ0) is 19.4. The Morgan fingerprint density at radius 2 is 1.93 bits per heavy atom. The lowest BCUT2D eigenvalue weighted by molar-refractivity contribution is 0.0980. The lowest BCUT2D eigenvalue weighted by atomic mass is 10.1. The Bertz CT molecular complexity index is 848. The van der Waals surface area contributed by atoms with Gasteiger partial charge in [-0.3, -0.25) is 4.90 Å². The van der Waals surface area contributed by atoms with Gasteiger partial charge < -0.3 is 9.47 Å². The summed E-state index contributed by atoms with van der Waals surface area (Å²) in [6.45, 7) is 8.26. The molecule has 1 unspecified atom stereocenters. The third-order valence-electron chi connectivity index (χ3n) is 5.46. The monoisotopic (exact) mass is 390 g/mol. The number of aromatic nitrogens is 2. The second kappa shape index (κ2) is 8.54. The van der Waals surface area contributed by atoms with Crippen molar-refractivity contribution < 1.29 is 8.42 Å². The van der Waals surface area contributed by atoms with Crippen LogP contribution < -0.4 is 0 Å². The molecule has 148 valence electrons. The number of sulfone groups is 1. The van der Waals surface area contributed by atoms with E-state index in [0.717, 1.165) is 38.3 Å². The van der Waals surface area contributed by atoms with Crippen molar-refractivity contribution in [3.63, 3.8) is 0 Å². The molecule has 3 rings (SSSR count). The van der Waals surface area contributed by atoms with Gasteiger partial charge in [0, 0.05) is 38.8 Å². The Hall–Kier alpha value is -1.70. The van der Waals surface area contributed by atoms with Gasteiger partial charge in [0.25, 0.3) is 0 Å². The first-order valence-electron chi connectivity index (χ1n) is 9.64. The highest BCUT2D eigenvalue weighted by atomic mass is 32.2. The van der Waals surface area contributed by atoms with Crippen LogP contribution in [0.3, 0.4) is 0 Å². The van der Waals surface area contributed by atoms with Crippen molar-refractivity contribution >= 4 is 9.84 Å². The van der Waals surface area contributed by atoms with E-state index in [1.54, 1.807) is 13.1 Å². The van der Waals surface area contributed by atoms with Crippen molar-refractivity contribution in [2.24, 2.45) is 0 Å². The molecule has 7 heteroatoms. The maximum absolute atomic E-state index is 12.5. The van der Waals surface area contributed by atoms with Crippen molar-refractivity contribution in [2.45, 2.75) is 44.6 Å². The van der Waals surface area contributed by atoms with Crippen LogP contribution in [0.4, 0.5) is 0 Å². The average Bonchev–Trinajstić information content (AvgIpc) is 3.07. The largest absolute Gasteiger partial charge is 0.317 e. The first-order valence-corrected chi connectivity index (χ1v) is 11.3. The highest BCUT2D eigenvalue weighted by molar-refractivity contribution is 7.91. The molecule has 0 N–H and O–H groups in total. The summed E-state index contributed by atoms with van der Waals surface area (Å²) in [6.07, 6.45) is 2.53. The molecule has 0 aliphatic carbocycles. The number of piperazine rings is 1. The van der Waals surface area contributed by atoms with Gasteiger partial charge in [-0.2, -0.15) is 0 Å². The third kappa shape index (κ3) is 4.78. The lowest BCUT2D eigenvalue weighted by Gasteiger charge is -2.37. The van der Waals surface area contributed by atoms with Gasteiger partial charge in [0.15, 0.2) is 0 Å². The first-order chi connectivity index (χ1) is 12.9. The molecule has 6 nitrogen and oxygen atoms in total. The number of nitrogens with zero attached hydrogens (tertiary/aromatic N) is 4. The van der Waals surface area contributed by atoms with Gasteiger partial charge in [0.05, 0.1) is 17.6 Å². The van der Waals surface area contributed by atoms with Gasteiger partial charge in [-0.05, 0) is 26.0 Å². The Morgan fingerprint density at radius 1 is 1.19 bits per heavy atom. The van der Waals surface area contributed by atoms with Crippen molar-refractivity contribution in [2.75, 3.05) is 32.4 Å². The molecule has 1 fully saturated rings. The molecule has 2 aromatic rings. The predicted octanol–water partition coefficient (Wildman–Crippen LogP) is 2.06. The zero-order valence-electron chi connectivity index (χ0n) is 16.5. The fourth-order valence-corrected chi connectivity index (χ4v) is 4.53. The molecular weight excluding hydrogens is 360 g/mol. The van der Waals surface area contributed by atoms with Crippen LogP contribution in [-0.4, -0.2) is 66.2 Å². The fourth-order valence-electron chi connectivity index (χ4n) is 3.52. The molecule has 27 heavy (non-hydrogen) atoms. The summed E-state index contributed by atoms with van der Waals surface area (Å²) < 4.78 is 27.0. The highest BCUT2D eigenvalue weighted by Gasteiger charge is 2.25. The summed E-state index contributed by atoms with van der Waals surface area (Å²) in [5, 5.41) is 0.207. The molecule has 2 heterocycles. The Labute approximate surface area is 162 Å². The quantitative estimate of drug-likeness (QED) is 0.724. The van der Waals surface area contributed by atoms with Crippen molar-refractivity contribution in [1.82, 2.24) is 19.4 Å². The lowest BCUT2D eigenvalue weighted by Crippen LogP contribution is -2.49. The van der Waals surface area contributed by atoms with Crippen LogP contribution in [0.15, 0.2) is 41.7 Å². The van der Waals surface area contributed by atoms with Crippen LogP contribution >= 0.6 is 0 Å². The second-order valence-corrected chi connectivity index (χ2v) is 9.56. The first kappa shape index (κ1) is 20.0. The van der Waals surface area contributed by atoms with Crippen LogP contribution in [0, 0.1) is 0 Å². The summed E-state index contributed by atoms with van der Waals surface area (Å²) in [7, 11) is -1.20. The van der Waals surface area contributed by atoms with E-state index >= 15 is 0 Å². The van der Waals surface area contributed by atoms with Crippen molar-refractivity contribution in [3.8, 4) is 0 Å². The van der Waals surface area contributed by atoms with E-state index in [2.05, 4.69) is 40.9 Å². The van der Waals surface area contributed by atoms with Crippen LogP contribution in [0.1, 0.15) is 25.1 Å². The van der Waals surface area contributed by atoms with Gasteiger partial charge in [-0.15, -0.1) is 0 Å². The van der Waals surface area contributed by atoms with E-state index in [-0.39, 0.29) is 10.9 Å². The SMILES string of the molecule is CCS(=O)(=O)c1ncc(CN2CCN(C)C(C)C2)n1CCc1ccccc1. The Morgan fingerprint density at radius 3 is 2.59 bits per heavy atom. The Kier molecular flexibility index (Phi) is 6.34. The molecule has 1 aromatic carbocycles. The minimum atomic E-state index is -3.35. The molecule has 0 bridgehead atoms. The standard InChI is InChI=1S/C20H30N4O2S/c1-4-27(25,26)20-21-14-19(16-23-13-12-22(3)17(2)15-23)24(20)11-10-18-8-6-5-7-9-18/h5-9,14,17H,4,10-13,15-16H2,1-3H3. The molecular formula is C20H30N4O2S. The summed E-state index contributed by atoms with van der Waals surface area (Å²) in [4.78, 5) is 9.06. The summed E-state index contributed by atoms with van der Waals surface area (Å²) in [5.74, 6) is 0.0698. The smallest absolute Gasteiger partial charge is 0.227 e. The average molecular weight is 391 g/mol. The van der Waals surface area contributed by atoms with Gasteiger partial charge in [-0.25, -0.2) is 13.4 Å². The second-order valence-electron chi connectivity index (χ2n) is 7.39. The van der Waals surface area contributed by atoms with E-state index in [1.807, 2.05) is 22.8 Å². The number of rotatable bonds is 7. The fraction of sp³-hybridized carbons (Fsp3) is 0.550. The van der Waals surface area contributed by atoms with E-state index in [9.17, 15) is 8.42 Å². The van der Waals surface area contributed by atoms with Crippen LogP contribution in [0.2, 0.25) is 0 Å². The highest BCUT2D eigenvalue weighted by Crippen LogP contribution is 2.18. The Balaban J connectivity index is 1.82. The number of hydrogen-bond acceptors (Lipinski definition) is 5. The van der Waals surface area contributed by atoms with Crippen molar-refractivity contribution in [3.05, 3.63) is 47.8 Å². The molecule has 1 aliphatic rings. The van der Waals surface area contributed by atoms with Gasteiger partial charge in [-0.1, -0.05) is 37.3 Å². The molecule has 0 saturated carbocycles. The molecule has 1 saturated heterocycles. The van der Waals surface area contributed by atoms with Gasteiger partial charge >= 0.3 is 0 Å². The van der Waals surface area contributed by atoms with Crippen LogP contribution in [0.25, 0.3) is 0 Å². The summed E-state index contributed by atoms with van der Waals surface area (Å²) in [6, 6.07) is 10.7. The number of hydrogen-bond donors (Lipinski definition) is 0. The van der Waals surface area contributed by atoms with Crippen LogP contribution in [-0.2, 0) is 29.3 Å². The summed E-state index contributed by atoms with van der Waals surface area (Å²) >= 11 is 0. The molecule has 1 aliphatic heterocycles. The molecule has 1 atom stereocenters. The van der Waals surface area contributed by atoms with Crippen LogP contribution in [0.5, 0.6) is 0 Å². The number of likely N-dealkylation sites (N-methyl/N-ethyl adjacent to an activating group) is 1. The van der Waals surface area contributed by atoms with E-state index < -0.39 is 9.84 Å². The zero-order valence-corrected chi connectivity index (χ0v) is 17.3. The maximum Gasteiger partial charge on any atom is 0.227 e. The van der Waals surface area contributed by atoms with Gasteiger partial charge in [0.1, 0.15) is 0 Å². The summed E-state index contributed by atoms with van der Waals surface area (Å²) in [5.41, 5.74) is 2.18. The minimum absolute atomic E-state index is 0.0698. The molecule has 0 amide bonds. The number of imidazole rings is 1. The number of benzene rings is 1. The van der Waals surface area contributed by atoms with E-state index in [4.69, 9.17) is 0 Å².